The molecule has 1 saturated heterocycles. The third kappa shape index (κ3) is 3.14. The van der Waals surface area contributed by atoms with Crippen molar-refractivity contribution >= 4 is 11.9 Å². The lowest BCUT2D eigenvalue weighted by molar-refractivity contribution is 0.0428. The van der Waals surface area contributed by atoms with Crippen LogP contribution in [0.4, 0.5) is 0 Å². The molecule has 0 saturated carbocycles. The lowest BCUT2D eigenvalue weighted by Gasteiger charge is -2.35. The Hall–Kier alpha value is -1.95. The number of pyridine rings is 1. The number of aromatic nitrogens is 1. The summed E-state index contributed by atoms with van der Waals surface area (Å²) in [6, 6.07) is 2.93. The van der Waals surface area contributed by atoms with Gasteiger partial charge in [-0.25, -0.2) is 9.78 Å². The smallest absolute Gasteiger partial charge is 0.354 e. The molecule has 1 unspecified atom stereocenters. The third-order valence-corrected chi connectivity index (χ3v) is 3.47. The first-order valence-electron chi connectivity index (χ1n) is 6.62. The molecule has 108 valence electrons. The fourth-order valence-corrected chi connectivity index (χ4v) is 2.48. The van der Waals surface area contributed by atoms with Gasteiger partial charge >= 0.3 is 5.97 Å². The molecule has 1 amide bonds. The second kappa shape index (κ2) is 6.47. The molecule has 2 rings (SSSR count). The van der Waals surface area contributed by atoms with Crippen molar-refractivity contribution in [3.05, 3.63) is 29.6 Å². The van der Waals surface area contributed by atoms with Crippen LogP contribution in [0.5, 0.6) is 0 Å². The molecule has 0 aromatic carbocycles. The van der Waals surface area contributed by atoms with Gasteiger partial charge in [0.15, 0.2) is 0 Å². The van der Waals surface area contributed by atoms with Gasteiger partial charge in [0, 0.05) is 25.4 Å². The third-order valence-electron chi connectivity index (χ3n) is 3.47. The average Bonchev–Trinajstić information content (AvgIpc) is 2.47. The summed E-state index contributed by atoms with van der Waals surface area (Å²) in [5.41, 5.74) is 0.247. The number of carboxylic acid groups (broad SMARTS) is 1. The maximum atomic E-state index is 12.5. The van der Waals surface area contributed by atoms with E-state index < -0.39 is 5.97 Å². The molecule has 2 heterocycles. The number of ether oxygens (including phenoxy) is 1. The van der Waals surface area contributed by atoms with Crippen LogP contribution in [0.2, 0.25) is 0 Å². The van der Waals surface area contributed by atoms with E-state index in [1.54, 1.807) is 18.1 Å². The minimum Gasteiger partial charge on any atom is -0.477 e. The van der Waals surface area contributed by atoms with Crippen molar-refractivity contribution in [2.45, 2.75) is 25.3 Å². The Balaban J connectivity index is 2.20. The van der Waals surface area contributed by atoms with Crippen LogP contribution >= 0.6 is 0 Å². The second-order valence-corrected chi connectivity index (χ2v) is 4.84. The molecule has 0 aliphatic carbocycles. The Morgan fingerprint density at radius 1 is 1.50 bits per heavy atom. The Morgan fingerprint density at radius 3 is 3.00 bits per heavy atom. The fourth-order valence-electron chi connectivity index (χ4n) is 2.48. The first-order valence-corrected chi connectivity index (χ1v) is 6.62. The van der Waals surface area contributed by atoms with Gasteiger partial charge in [-0.2, -0.15) is 0 Å². The number of carbonyl (C=O) groups is 2. The Labute approximate surface area is 117 Å². The summed E-state index contributed by atoms with van der Waals surface area (Å²) in [5, 5.41) is 8.93. The highest BCUT2D eigenvalue weighted by molar-refractivity contribution is 5.96. The molecule has 1 aliphatic rings. The van der Waals surface area contributed by atoms with Crippen LogP contribution in [0.3, 0.4) is 0 Å². The average molecular weight is 278 g/mol. The van der Waals surface area contributed by atoms with Gasteiger partial charge in [-0.15, -0.1) is 0 Å². The van der Waals surface area contributed by atoms with Gasteiger partial charge in [0.1, 0.15) is 5.69 Å². The number of hydrogen-bond acceptors (Lipinski definition) is 4. The van der Waals surface area contributed by atoms with Crippen LogP contribution < -0.4 is 0 Å². The van der Waals surface area contributed by atoms with Crippen LogP contribution in [0.15, 0.2) is 18.3 Å². The zero-order valence-electron chi connectivity index (χ0n) is 11.4. The molecule has 1 aromatic rings. The molecular weight excluding hydrogens is 260 g/mol. The zero-order valence-corrected chi connectivity index (χ0v) is 11.4. The van der Waals surface area contributed by atoms with Crippen molar-refractivity contribution in [1.82, 2.24) is 9.88 Å². The van der Waals surface area contributed by atoms with E-state index in [2.05, 4.69) is 4.98 Å². The lowest BCUT2D eigenvalue weighted by Crippen LogP contribution is -2.46. The Morgan fingerprint density at radius 2 is 2.30 bits per heavy atom. The monoisotopic (exact) mass is 278 g/mol. The summed E-state index contributed by atoms with van der Waals surface area (Å²) < 4.78 is 5.16. The van der Waals surface area contributed by atoms with Crippen molar-refractivity contribution in [3.8, 4) is 0 Å². The maximum Gasteiger partial charge on any atom is 0.354 e. The van der Waals surface area contributed by atoms with E-state index in [0.717, 1.165) is 19.3 Å². The molecular formula is C14H18N2O4. The van der Waals surface area contributed by atoms with Crippen LogP contribution in [-0.4, -0.2) is 53.2 Å². The summed E-state index contributed by atoms with van der Waals surface area (Å²) >= 11 is 0. The molecule has 1 aromatic heterocycles. The largest absolute Gasteiger partial charge is 0.477 e. The standard InChI is InChI=1S/C14H18N2O4/c1-20-9-11-4-2-3-7-16(11)13(17)10-5-6-15-12(8-10)14(18)19/h5-6,8,11H,2-4,7,9H2,1H3,(H,18,19). The number of likely N-dealkylation sites (tertiary alicyclic amines) is 1. The molecule has 0 radical (unpaired) electrons. The normalized spacial score (nSPS) is 18.9. The van der Waals surface area contributed by atoms with Crippen LogP contribution in [0, 0.1) is 0 Å². The Kier molecular flexibility index (Phi) is 4.68. The van der Waals surface area contributed by atoms with Gasteiger partial charge in [0.2, 0.25) is 0 Å². The molecule has 1 N–H and O–H groups in total. The van der Waals surface area contributed by atoms with E-state index in [-0.39, 0.29) is 17.6 Å². The number of nitrogens with zero attached hydrogens (tertiary/aromatic N) is 2. The number of aromatic carboxylic acids is 1. The van der Waals surface area contributed by atoms with E-state index in [4.69, 9.17) is 9.84 Å². The zero-order chi connectivity index (χ0) is 14.5. The highest BCUT2D eigenvalue weighted by Gasteiger charge is 2.27. The van der Waals surface area contributed by atoms with E-state index in [0.29, 0.717) is 18.7 Å². The minimum absolute atomic E-state index is 0.0580. The molecule has 0 bridgehead atoms. The molecule has 6 nitrogen and oxygen atoms in total. The van der Waals surface area contributed by atoms with Crippen molar-refractivity contribution < 1.29 is 19.4 Å². The number of methoxy groups -OCH3 is 1. The van der Waals surface area contributed by atoms with Crippen molar-refractivity contribution in [3.63, 3.8) is 0 Å². The summed E-state index contributed by atoms with van der Waals surface area (Å²) in [5.74, 6) is -1.29. The Bertz CT molecular complexity index is 502. The molecule has 1 aliphatic heterocycles. The van der Waals surface area contributed by atoms with E-state index in [1.807, 2.05) is 0 Å². The molecule has 1 fully saturated rings. The van der Waals surface area contributed by atoms with Gasteiger partial charge in [-0.3, -0.25) is 4.79 Å². The first-order chi connectivity index (χ1) is 9.63. The number of amides is 1. The van der Waals surface area contributed by atoms with E-state index in [9.17, 15) is 9.59 Å². The van der Waals surface area contributed by atoms with Gasteiger partial charge in [0.05, 0.1) is 12.6 Å². The van der Waals surface area contributed by atoms with Gasteiger partial charge in [-0.05, 0) is 31.4 Å². The topological polar surface area (TPSA) is 79.7 Å². The van der Waals surface area contributed by atoms with Crippen molar-refractivity contribution in [2.24, 2.45) is 0 Å². The summed E-state index contributed by atoms with van der Waals surface area (Å²) in [7, 11) is 1.62. The molecule has 6 heteroatoms. The predicted octanol–water partition coefficient (Wildman–Crippen LogP) is 1.42. The van der Waals surface area contributed by atoms with Crippen molar-refractivity contribution in [2.75, 3.05) is 20.3 Å². The molecule has 1 atom stereocenters. The first kappa shape index (κ1) is 14.5. The lowest BCUT2D eigenvalue weighted by atomic mass is 10.0. The van der Waals surface area contributed by atoms with E-state index in [1.165, 1.54) is 12.3 Å². The number of piperidine rings is 1. The highest BCUT2D eigenvalue weighted by atomic mass is 16.5. The van der Waals surface area contributed by atoms with Crippen LogP contribution in [0.25, 0.3) is 0 Å². The second-order valence-electron chi connectivity index (χ2n) is 4.84. The number of hydrogen-bond donors (Lipinski definition) is 1. The van der Waals surface area contributed by atoms with Gasteiger partial charge < -0.3 is 14.7 Å². The predicted molar refractivity (Wildman–Crippen MR) is 71.7 cm³/mol. The SMILES string of the molecule is COCC1CCCCN1C(=O)c1ccnc(C(=O)O)c1. The fraction of sp³-hybridized carbons (Fsp3) is 0.500. The van der Waals surface area contributed by atoms with Gasteiger partial charge in [0.25, 0.3) is 5.91 Å². The van der Waals surface area contributed by atoms with E-state index >= 15 is 0 Å². The quantitative estimate of drug-likeness (QED) is 0.901. The maximum absolute atomic E-state index is 12.5. The number of carboxylic acids is 1. The van der Waals surface area contributed by atoms with Crippen LogP contribution in [-0.2, 0) is 4.74 Å². The minimum atomic E-state index is -1.13. The number of rotatable bonds is 4. The summed E-state index contributed by atoms with van der Waals surface area (Å²) in [6.07, 6.45) is 4.31. The van der Waals surface area contributed by atoms with Gasteiger partial charge in [-0.1, -0.05) is 0 Å². The van der Waals surface area contributed by atoms with Crippen molar-refractivity contribution in [1.29, 1.82) is 0 Å². The van der Waals surface area contributed by atoms with Crippen LogP contribution in [0.1, 0.15) is 40.1 Å². The summed E-state index contributed by atoms with van der Waals surface area (Å²) in [4.78, 5) is 28.9. The number of carbonyl (C=O) groups excluding carboxylic acids is 1. The molecule has 20 heavy (non-hydrogen) atoms. The molecule has 0 spiro atoms. The summed E-state index contributed by atoms with van der Waals surface area (Å²) in [6.45, 7) is 1.18. The highest BCUT2D eigenvalue weighted by Crippen LogP contribution is 2.20.